The number of aromatic hydroxyl groups is 1. The second-order valence-electron chi connectivity index (χ2n) is 9.72. The van der Waals surface area contributed by atoms with Crippen LogP contribution in [-0.2, 0) is 22.5 Å². The zero-order valence-corrected chi connectivity index (χ0v) is 20.8. The average molecular weight is 517 g/mol. The Morgan fingerprint density at radius 1 is 1.16 bits per heavy atom. The van der Waals surface area contributed by atoms with Gasteiger partial charge in [-0.1, -0.05) is 36.1 Å². The highest BCUT2D eigenvalue weighted by Crippen LogP contribution is 2.29. The monoisotopic (exact) mass is 516 g/mol. The van der Waals surface area contributed by atoms with Crippen molar-refractivity contribution in [3.05, 3.63) is 93.2 Å². The third kappa shape index (κ3) is 6.10. The number of hydrogen-bond donors (Lipinski definition) is 3. The molecule has 5 rings (SSSR count). The normalized spacial score (nSPS) is 19.1. The van der Waals surface area contributed by atoms with Gasteiger partial charge in [-0.25, -0.2) is 9.37 Å². The fourth-order valence-corrected chi connectivity index (χ4v) is 5.01. The number of aromatic nitrogens is 2. The van der Waals surface area contributed by atoms with Crippen molar-refractivity contribution >= 4 is 5.91 Å². The van der Waals surface area contributed by atoms with Gasteiger partial charge in [0.25, 0.3) is 11.5 Å². The van der Waals surface area contributed by atoms with Crippen LogP contribution >= 0.6 is 0 Å². The molecule has 3 heterocycles. The molecule has 0 spiro atoms. The molecule has 2 aliphatic heterocycles. The number of likely N-dealkylation sites (tertiary alicyclic amines) is 1. The van der Waals surface area contributed by atoms with Crippen LogP contribution in [0.5, 0.6) is 5.75 Å². The molecule has 0 radical (unpaired) electrons. The number of amides is 1. The number of benzene rings is 2. The Bertz CT molecular complexity index is 1400. The van der Waals surface area contributed by atoms with Gasteiger partial charge in [-0.05, 0) is 48.2 Å². The van der Waals surface area contributed by atoms with E-state index in [0.29, 0.717) is 18.6 Å². The van der Waals surface area contributed by atoms with Gasteiger partial charge < -0.3 is 20.1 Å². The summed E-state index contributed by atoms with van der Waals surface area (Å²) in [5, 5.41) is 12.7. The van der Waals surface area contributed by atoms with E-state index in [2.05, 4.69) is 44.2 Å². The number of aromatic amines is 1. The van der Waals surface area contributed by atoms with E-state index in [9.17, 15) is 19.1 Å². The van der Waals surface area contributed by atoms with Gasteiger partial charge in [0.15, 0.2) is 6.67 Å². The molecular weight excluding hydrogens is 487 g/mol. The van der Waals surface area contributed by atoms with Crippen molar-refractivity contribution in [1.29, 1.82) is 0 Å². The molecule has 38 heavy (non-hydrogen) atoms. The summed E-state index contributed by atoms with van der Waals surface area (Å²) in [4.78, 5) is 32.2. The fraction of sp³-hybridized carbons (Fsp3) is 0.345. The molecule has 9 heteroatoms. The van der Waals surface area contributed by atoms with Crippen LogP contribution in [0.2, 0.25) is 0 Å². The summed E-state index contributed by atoms with van der Waals surface area (Å²) in [5.74, 6) is 4.58. The van der Waals surface area contributed by atoms with Crippen molar-refractivity contribution < 1.29 is 19.0 Å². The van der Waals surface area contributed by atoms with E-state index in [0.717, 1.165) is 42.8 Å². The predicted molar refractivity (Wildman–Crippen MR) is 139 cm³/mol. The van der Waals surface area contributed by atoms with E-state index >= 15 is 0 Å². The van der Waals surface area contributed by atoms with Crippen molar-refractivity contribution in [2.75, 3.05) is 26.4 Å². The summed E-state index contributed by atoms with van der Waals surface area (Å²) >= 11 is 0. The van der Waals surface area contributed by atoms with Crippen molar-refractivity contribution in [2.24, 2.45) is 0 Å². The minimum atomic E-state index is -1.15. The molecule has 0 aliphatic carbocycles. The Balaban J connectivity index is 1.22. The van der Waals surface area contributed by atoms with Crippen molar-refractivity contribution in [3.8, 4) is 17.6 Å². The molecular formula is C29H29FN4O4. The van der Waals surface area contributed by atoms with Gasteiger partial charge >= 0.3 is 0 Å². The number of nitrogens with one attached hydrogen (secondary N) is 2. The quantitative estimate of drug-likeness (QED) is 0.397. The van der Waals surface area contributed by atoms with Crippen LogP contribution in [0.15, 0.2) is 59.7 Å². The predicted octanol–water partition coefficient (Wildman–Crippen LogP) is 2.26. The molecule has 3 atom stereocenters. The Morgan fingerprint density at radius 2 is 1.84 bits per heavy atom. The highest BCUT2D eigenvalue weighted by molar-refractivity contribution is 5.77. The maximum absolute atomic E-state index is 12.6. The number of alkyl halides is 1. The Labute approximate surface area is 219 Å². The zero-order valence-electron chi connectivity index (χ0n) is 20.8. The number of carbonyl (C=O) groups excluding carboxylic acids is 1. The largest absolute Gasteiger partial charge is 0.502 e. The molecule has 2 fully saturated rings. The van der Waals surface area contributed by atoms with Crippen LogP contribution < -0.4 is 10.9 Å². The van der Waals surface area contributed by atoms with Crippen LogP contribution in [0.25, 0.3) is 0 Å². The Morgan fingerprint density at radius 3 is 2.45 bits per heavy atom. The molecule has 196 valence electrons. The van der Waals surface area contributed by atoms with E-state index in [-0.39, 0.29) is 12.2 Å². The third-order valence-corrected chi connectivity index (χ3v) is 7.05. The van der Waals surface area contributed by atoms with Crippen molar-refractivity contribution in [2.45, 2.75) is 37.5 Å². The summed E-state index contributed by atoms with van der Waals surface area (Å²) in [6, 6.07) is 16.5. The average Bonchev–Trinajstić information content (AvgIpc) is 3.56. The van der Waals surface area contributed by atoms with E-state index in [4.69, 9.17) is 4.74 Å². The molecule has 2 saturated heterocycles. The first-order valence-corrected chi connectivity index (χ1v) is 12.6. The SMILES string of the molecule is O=C(CF)NCC(Cc1ccc(C#Cc2ccc(CN3CC4CC3CO4)cc2)cc1)c1nc[nH]c(=O)c1O. The molecule has 2 aliphatic rings. The summed E-state index contributed by atoms with van der Waals surface area (Å²) in [5.41, 5.74) is 3.40. The van der Waals surface area contributed by atoms with Crippen LogP contribution in [0, 0.1) is 11.8 Å². The van der Waals surface area contributed by atoms with Gasteiger partial charge in [0.2, 0.25) is 5.75 Å². The number of fused-ring (bicyclic) bond motifs is 2. The molecule has 1 aromatic heterocycles. The summed E-state index contributed by atoms with van der Waals surface area (Å²) in [6.07, 6.45) is 3.11. The highest BCUT2D eigenvalue weighted by Gasteiger charge is 2.38. The van der Waals surface area contributed by atoms with Gasteiger partial charge in [0.05, 0.1) is 24.7 Å². The van der Waals surface area contributed by atoms with E-state index in [1.807, 2.05) is 36.4 Å². The first-order chi connectivity index (χ1) is 18.5. The molecule has 0 saturated carbocycles. The standard InChI is InChI=1S/C29H29FN4O4/c30-13-26(35)31-14-23(27-28(36)29(37)33-18-32-27)11-21-7-3-19(4-8-21)1-2-20-5-9-22(10-6-20)15-34-16-25-12-24(34)17-38-25/h3-10,18,23-25,36H,11-17H2,(H,31,35)(H,32,33,37). The lowest BCUT2D eigenvalue weighted by Crippen LogP contribution is -2.36. The van der Waals surface area contributed by atoms with Gasteiger partial charge in [-0.3, -0.25) is 14.5 Å². The molecule has 8 nitrogen and oxygen atoms in total. The van der Waals surface area contributed by atoms with Gasteiger partial charge in [0, 0.05) is 42.7 Å². The lowest BCUT2D eigenvalue weighted by Gasteiger charge is -2.26. The molecule has 3 N–H and O–H groups in total. The van der Waals surface area contributed by atoms with Gasteiger partial charge in [-0.15, -0.1) is 0 Å². The number of carbonyl (C=O) groups is 1. The molecule has 2 aromatic carbocycles. The first kappa shape index (κ1) is 25.6. The van der Waals surface area contributed by atoms with Crippen LogP contribution in [-0.4, -0.2) is 64.4 Å². The topological polar surface area (TPSA) is 108 Å². The van der Waals surface area contributed by atoms with E-state index < -0.39 is 29.8 Å². The van der Waals surface area contributed by atoms with Gasteiger partial charge in [0.1, 0.15) is 0 Å². The molecule has 1 amide bonds. The van der Waals surface area contributed by atoms with E-state index in [1.54, 1.807) is 0 Å². The minimum Gasteiger partial charge on any atom is -0.502 e. The number of nitrogens with zero attached hydrogens (tertiary/aromatic N) is 2. The van der Waals surface area contributed by atoms with Crippen molar-refractivity contribution in [3.63, 3.8) is 0 Å². The lowest BCUT2D eigenvalue weighted by molar-refractivity contribution is -0.122. The highest BCUT2D eigenvalue weighted by atomic mass is 19.1. The van der Waals surface area contributed by atoms with Gasteiger partial charge in [-0.2, -0.15) is 0 Å². The summed E-state index contributed by atoms with van der Waals surface area (Å²) in [6.45, 7) is 1.66. The first-order valence-electron chi connectivity index (χ1n) is 12.6. The summed E-state index contributed by atoms with van der Waals surface area (Å²) < 4.78 is 18.3. The number of morpholine rings is 1. The van der Waals surface area contributed by atoms with Crippen molar-refractivity contribution in [1.82, 2.24) is 20.2 Å². The molecule has 3 aromatic rings. The fourth-order valence-electron chi connectivity index (χ4n) is 5.01. The molecule has 2 bridgehead atoms. The van der Waals surface area contributed by atoms with E-state index in [1.165, 1.54) is 11.9 Å². The number of halogens is 1. The zero-order chi connectivity index (χ0) is 26.5. The molecule has 3 unspecified atom stereocenters. The maximum atomic E-state index is 12.6. The van der Waals surface area contributed by atoms with Crippen LogP contribution in [0.4, 0.5) is 4.39 Å². The number of hydrogen-bond acceptors (Lipinski definition) is 6. The summed E-state index contributed by atoms with van der Waals surface area (Å²) in [7, 11) is 0. The Hall–Kier alpha value is -4.00. The number of ether oxygens (including phenoxy) is 1. The Kier molecular flexibility index (Phi) is 7.82. The minimum absolute atomic E-state index is 0.0249. The second kappa shape index (κ2) is 11.6. The van der Waals surface area contributed by atoms with Crippen LogP contribution in [0.1, 0.15) is 40.3 Å². The second-order valence-corrected chi connectivity index (χ2v) is 9.72. The number of rotatable bonds is 8. The maximum Gasteiger partial charge on any atom is 0.293 e. The lowest BCUT2D eigenvalue weighted by atomic mass is 9.94. The number of H-pyrrole nitrogens is 1. The smallest absolute Gasteiger partial charge is 0.293 e. The third-order valence-electron chi connectivity index (χ3n) is 7.05. The van der Waals surface area contributed by atoms with Crippen LogP contribution in [0.3, 0.4) is 0 Å².